The fourth-order valence-electron chi connectivity index (χ4n) is 3.71. The number of thioether (sulfide) groups is 1. The molecule has 3 aromatic heterocycles. The zero-order valence-corrected chi connectivity index (χ0v) is 16.2. The van der Waals surface area contributed by atoms with Crippen molar-refractivity contribution < 1.29 is 4.79 Å². The normalized spacial score (nSPS) is 18.3. The van der Waals surface area contributed by atoms with E-state index in [0.717, 1.165) is 42.2 Å². The Bertz CT molecular complexity index is 916. The highest BCUT2D eigenvalue weighted by molar-refractivity contribution is 8.00. The molecule has 0 spiro atoms. The van der Waals surface area contributed by atoms with Gasteiger partial charge in [-0.25, -0.2) is 0 Å². The maximum Gasteiger partial charge on any atom is 0.233 e. The Morgan fingerprint density at radius 2 is 2.24 bits per heavy atom. The molecule has 1 aliphatic heterocycles. The zero-order chi connectivity index (χ0) is 17.4. The predicted octanol–water partition coefficient (Wildman–Crippen LogP) is 4.14. The number of aryl methyl sites for hydroxylation is 1. The van der Waals surface area contributed by atoms with Crippen LogP contribution in [0.4, 0.5) is 0 Å². The summed E-state index contributed by atoms with van der Waals surface area (Å²) >= 11 is 3.23. The Balaban J connectivity index is 1.56. The van der Waals surface area contributed by atoms with Crippen molar-refractivity contribution in [3.05, 3.63) is 23.3 Å². The second-order valence-electron chi connectivity index (χ2n) is 6.52. The number of fused-ring (bicyclic) bond motifs is 3. The van der Waals surface area contributed by atoms with Crippen molar-refractivity contribution in [2.75, 3.05) is 12.3 Å². The number of piperidine rings is 1. The molecular weight excluding hydrogens is 352 g/mol. The number of thiophene rings is 1. The molecule has 3 aromatic rings. The first-order chi connectivity index (χ1) is 12.2. The minimum absolute atomic E-state index is 0.227. The van der Waals surface area contributed by atoms with Crippen LogP contribution in [0.15, 0.2) is 22.5 Å². The summed E-state index contributed by atoms with van der Waals surface area (Å²) in [6, 6.07) is 4.68. The molecule has 7 heteroatoms. The zero-order valence-electron chi connectivity index (χ0n) is 14.6. The maximum absolute atomic E-state index is 12.7. The molecule has 1 fully saturated rings. The highest BCUT2D eigenvalue weighted by Crippen LogP contribution is 2.31. The minimum atomic E-state index is 0.227. The van der Waals surface area contributed by atoms with Gasteiger partial charge in [-0.1, -0.05) is 18.7 Å². The van der Waals surface area contributed by atoms with Gasteiger partial charge in [0.1, 0.15) is 10.9 Å². The molecule has 5 nitrogen and oxygen atoms in total. The van der Waals surface area contributed by atoms with Gasteiger partial charge in [-0.15, -0.1) is 21.5 Å². The van der Waals surface area contributed by atoms with Gasteiger partial charge in [-0.05, 0) is 50.1 Å². The van der Waals surface area contributed by atoms with E-state index in [1.807, 2.05) is 6.92 Å². The number of carbonyl (C=O) groups excluding carboxylic acids is 1. The molecule has 0 saturated carbocycles. The van der Waals surface area contributed by atoms with E-state index in [1.165, 1.54) is 28.4 Å². The van der Waals surface area contributed by atoms with Crippen molar-refractivity contribution in [3.63, 3.8) is 0 Å². The summed E-state index contributed by atoms with van der Waals surface area (Å²) in [5.74, 6) is 1.54. The fraction of sp³-hybridized carbons (Fsp3) is 0.500. The third-order valence-electron chi connectivity index (χ3n) is 5.00. The summed E-state index contributed by atoms with van der Waals surface area (Å²) in [6.07, 6.45) is 4.54. The molecule has 0 aliphatic carbocycles. The highest BCUT2D eigenvalue weighted by Gasteiger charge is 2.25. The molecule has 25 heavy (non-hydrogen) atoms. The van der Waals surface area contributed by atoms with Crippen molar-refractivity contribution in [1.82, 2.24) is 19.5 Å². The number of nitrogens with zero attached hydrogens (tertiary/aromatic N) is 4. The summed E-state index contributed by atoms with van der Waals surface area (Å²) in [6.45, 7) is 5.04. The van der Waals surface area contributed by atoms with Crippen LogP contribution in [0.3, 0.4) is 0 Å². The van der Waals surface area contributed by atoms with E-state index < -0.39 is 0 Å². The second kappa shape index (κ2) is 6.96. The molecule has 0 N–H and O–H groups in total. The van der Waals surface area contributed by atoms with Crippen molar-refractivity contribution >= 4 is 44.7 Å². The number of likely N-dealkylation sites (tertiary alicyclic amines) is 1. The number of carbonyl (C=O) groups is 1. The molecule has 1 unspecified atom stereocenters. The fourth-order valence-corrected chi connectivity index (χ4v) is 5.34. The van der Waals surface area contributed by atoms with E-state index in [1.54, 1.807) is 11.3 Å². The molecule has 1 saturated heterocycles. The second-order valence-corrected chi connectivity index (χ2v) is 8.43. The van der Waals surface area contributed by atoms with Crippen molar-refractivity contribution in [1.29, 1.82) is 0 Å². The monoisotopic (exact) mass is 374 g/mol. The quantitative estimate of drug-likeness (QED) is 0.644. The Hall–Kier alpha value is -1.60. The molecule has 0 aromatic carbocycles. The molecule has 4 rings (SSSR count). The Morgan fingerprint density at radius 3 is 3.08 bits per heavy atom. The predicted molar refractivity (Wildman–Crippen MR) is 103 cm³/mol. The van der Waals surface area contributed by atoms with Gasteiger partial charge in [0.05, 0.1) is 21.5 Å². The van der Waals surface area contributed by atoms with E-state index in [4.69, 9.17) is 0 Å². The van der Waals surface area contributed by atoms with Gasteiger partial charge in [-0.3, -0.25) is 9.20 Å². The lowest BCUT2D eigenvalue weighted by Crippen LogP contribution is -2.44. The molecule has 0 radical (unpaired) electrons. The smallest absolute Gasteiger partial charge is 0.233 e. The van der Waals surface area contributed by atoms with Crippen LogP contribution in [0.1, 0.15) is 38.4 Å². The largest absolute Gasteiger partial charge is 0.339 e. The van der Waals surface area contributed by atoms with Gasteiger partial charge in [0, 0.05) is 12.6 Å². The molecule has 0 bridgehead atoms. The topological polar surface area (TPSA) is 50.5 Å². The summed E-state index contributed by atoms with van der Waals surface area (Å²) in [4.78, 5) is 14.8. The van der Waals surface area contributed by atoms with Gasteiger partial charge in [0.25, 0.3) is 0 Å². The summed E-state index contributed by atoms with van der Waals surface area (Å²) < 4.78 is 3.37. The molecule has 1 atom stereocenters. The SMILES string of the molecule is CCC1CCCCN1C(=O)CSc1nnc(C)n2c1cc1sccc12. The van der Waals surface area contributed by atoms with Crippen LogP contribution in [0.2, 0.25) is 0 Å². The standard InChI is InChI=1S/C18H22N4OS2/c1-3-13-6-4-5-8-21(13)17(23)11-25-18-15-10-16-14(7-9-24-16)22(15)12(2)19-20-18/h7,9-10,13H,3-6,8,11H2,1-2H3. The maximum atomic E-state index is 12.7. The van der Waals surface area contributed by atoms with Gasteiger partial charge in [0.2, 0.25) is 5.91 Å². The number of aromatic nitrogens is 3. The number of rotatable bonds is 4. The lowest BCUT2D eigenvalue weighted by atomic mass is 10.0. The van der Waals surface area contributed by atoms with E-state index in [-0.39, 0.29) is 5.91 Å². The minimum Gasteiger partial charge on any atom is -0.339 e. The molecule has 132 valence electrons. The van der Waals surface area contributed by atoms with E-state index in [9.17, 15) is 4.79 Å². The van der Waals surface area contributed by atoms with Crippen molar-refractivity contribution in [2.24, 2.45) is 0 Å². The van der Waals surface area contributed by atoms with Crippen molar-refractivity contribution in [2.45, 2.75) is 50.6 Å². The summed E-state index contributed by atoms with van der Waals surface area (Å²) in [7, 11) is 0. The number of amides is 1. The Kier molecular flexibility index (Phi) is 4.69. The average molecular weight is 375 g/mol. The van der Waals surface area contributed by atoms with Gasteiger partial charge in [-0.2, -0.15) is 0 Å². The molecule has 4 heterocycles. The third-order valence-corrected chi connectivity index (χ3v) is 6.81. The summed E-state index contributed by atoms with van der Waals surface area (Å²) in [5, 5.41) is 11.6. The van der Waals surface area contributed by atoms with E-state index in [0.29, 0.717) is 11.8 Å². The first-order valence-corrected chi connectivity index (χ1v) is 10.7. The van der Waals surface area contributed by atoms with Crippen LogP contribution in [-0.4, -0.2) is 43.7 Å². The van der Waals surface area contributed by atoms with Crippen LogP contribution >= 0.6 is 23.1 Å². The van der Waals surface area contributed by atoms with Crippen LogP contribution < -0.4 is 0 Å². The van der Waals surface area contributed by atoms with Crippen LogP contribution in [0.25, 0.3) is 15.7 Å². The van der Waals surface area contributed by atoms with E-state index >= 15 is 0 Å². The van der Waals surface area contributed by atoms with E-state index in [2.05, 4.69) is 43.9 Å². The Labute approximate surface area is 155 Å². The van der Waals surface area contributed by atoms with Crippen LogP contribution in [-0.2, 0) is 4.79 Å². The van der Waals surface area contributed by atoms with Crippen LogP contribution in [0.5, 0.6) is 0 Å². The van der Waals surface area contributed by atoms with Gasteiger partial charge >= 0.3 is 0 Å². The van der Waals surface area contributed by atoms with Crippen LogP contribution in [0, 0.1) is 6.92 Å². The lowest BCUT2D eigenvalue weighted by Gasteiger charge is -2.35. The lowest BCUT2D eigenvalue weighted by molar-refractivity contribution is -0.132. The average Bonchev–Trinajstić information content (AvgIpc) is 3.22. The van der Waals surface area contributed by atoms with Gasteiger partial charge < -0.3 is 4.90 Å². The molecule has 1 amide bonds. The van der Waals surface area contributed by atoms with Gasteiger partial charge in [0.15, 0.2) is 0 Å². The first-order valence-electron chi connectivity index (χ1n) is 8.83. The third kappa shape index (κ3) is 3.04. The summed E-state index contributed by atoms with van der Waals surface area (Å²) in [5.41, 5.74) is 2.22. The molecular formula is C18H22N4OS2. The highest BCUT2D eigenvalue weighted by atomic mass is 32.2. The number of hydrogen-bond donors (Lipinski definition) is 0. The van der Waals surface area contributed by atoms with Crippen molar-refractivity contribution in [3.8, 4) is 0 Å². The number of hydrogen-bond acceptors (Lipinski definition) is 5. The first kappa shape index (κ1) is 16.8. The Morgan fingerprint density at radius 1 is 1.36 bits per heavy atom. The molecule has 1 aliphatic rings.